The van der Waals surface area contributed by atoms with E-state index in [1.54, 1.807) is 43.5 Å². The Morgan fingerprint density at radius 1 is 1.00 bits per heavy atom. The van der Waals surface area contributed by atoms with Gasteiger partial charge in [-0.25, -0.2) is 4.79 Å². The average Bonchev–Trinajstić information content (AvgIpc) is 2.96. The fourth-order valence-corrected chi connectivity index (χ4v) is 3.11. The molecule has 2 amide bonds. The number of benzene rings is 2. The Morgan fingerprint density at radius 2 is 1.54 bits per heavy atom. The highest BCUT2D eigenvalue weighted by atomic mass is 16.5. The molecule has 146 valence electrons. The number of carbonyl (C=O) groups excluding carboxylic acids is 3. The van der Waals surface area contributed by atoms with Gasteiger partial charge in [-0.3, -0.25) is 14.5 Å². The first-order chi connectivity index (χ1) is 13.4. The summed E-state index contributed by atoms with van der Waals surface area (Å²) in [7, 11) is 3.06. The molecule has 1 aliphatic rings. The number of amides is 2. The second kappa shape index (κ2) is 7.72. The van der Waals surface area contributed by atoms with E-state index in [4.69, 9.17) is 14.2 Å². The molecule has 0 radical (unpaired) electrons. The Hall–Kier alpha value is -3.35. The molecule has 2 aromatic rings. The van der Waals surface area contributed by atoms with Gasteiger partial charge in [0.05, 0.1) is 25.3 Å². The summed E-state index contributed by atoms with van der Waals surface area (Å²) >= 11 is 0. The van der Waals surface area contributed by atoms with Gasteiger partial charge >= 0.3 is 5.97 Å². The second-order valence-electron chi connectivity index (χ2n) is 6.44. The Bertz CT molecular complexity index is 917. The molecule has 0 aliphatic carbocycles. The third-order valence-corrected chi connectivity index (χ3v) is 4.77. The Labute approximate surface area is 162 Å². The van der Waals surface area contributed by atoms with Crippen LogP contribution in [0.25, 0.3) is 0 Å². The zero-order valence-electron chi connectivity index (χ0n) is 16.1. The van der Waals surface area contributed by atoms with Crippen LogP contribution < -0.4 is 9.47 Å². The Balaban J connectivity index is 1.73. The lowest BCUT2D eigenvalue weighted by molar-refractivity contribution is -0.149. The molecule has 0 N–H and O–H groups in total. The summed E-state index contributed by atoms with van der Waals surface area (Å²) in [6.07, 6.45) is 0. The van der Waals surface area contributed by atoms with Crippen molar-refractivity contribution in [1.82, 2.24) is 4.90 Å². The zero-order valence-corrected chi connectivity index (χ0v) is 16.1. The monoisotopic (exact) mass is 383 g/mol. The molecule has 7 heteroatoms. The first kappa shape index (κ1) is 19.4. The molecule has 28 heavy (non-hydrogen) atoms. The van der Waals surface area contributed by atoms with E-state index in [0.717, 1.165) is 16.0 Å². The first-order valence-corrected chi connectivity index (χ1v) is 8.74. The van der Waals surface area contributed by atoms with Crippen molar-refractivity contribution in [3.63, 3.8) is 0 Å². The van der Waals surface area contributed by atoms with Crippen LogP contribution in [0, 0.1) is 6.92 Å². The first-order valence-electron chi connectivity index (χ1n) is 8.74. The van der Waals surface area contributed by atoms with Gasteiger partial charge in [0.25, 0.3) is 11.8 Å². The molecule has 0 aromatic heterocycles. The van der Waals surface area contributed by atoms with E-state index < -0.39 is 23.8 Å². The number of nitrogens with zero attached hydrogens (tertiary/aromatic N) is 1. The minimum absolute atomic E-state index is 0.0153. The van der Waals surface area contributed by atoms with Gasteiger partial charge in [-0.05, 0) is 49.2 Å². The Morgan fingerprint density at radius 3 is 2.07 bits per heavy atom. The van der Waals surface area contributed by atoms with E-state index in [2.05, 4.69) is 0 Å². The Kier molecular flexibility index (Phi) is 5.35. The number of imide groups is 1. The van der Waals surface area contributed by atoms with E-state index in [9.17, 15) is 14.4 Å². The fraction of sp³-hybridized carbons (Fsp3) is 0.286. The third kappa shape index (κ3) is 3.31. The summed E-state index contributed by atoms with van der Waals surface area (Å²) < 4.78 is 15.9. The van der Waals surface area contributed by atoms with Crippen LogP contribution in [0.4, 0.5) is 0 Å². The molecular weight excluding hydrogens is 362 g/mol. The number of hydrogen-bond donors (Lipinski definition) is 0. The van der Waals surface area contributed by atoms with E-state index in [1.165, 1.54) is 14.0 Å². The quantitative estimate of drug-likeness (QED) is 0.564. The van der Waals surface area contributed by atoms with Crippen molar-refractivity contribution in [2.45, 2.75) is 26.5 Å². The number of rotatable bonds is 6. The lowest BCUT2D eigenvalue weighted by Gasteiger charge is -2.21. The van der Waals surface area contributed by atoms with Crippen LogP contribution in [-0.4, -0.2) is 42.9 Å². The number of carbonyl (C=O) groups is 3. The molecular formula is C21H21NO6. The number of esters is 1. The molecule has 7 nitrogen and oxygen atoms in total. The van der Waals surface area contributed by atoms with Crippen LogP contribution in [0.3, 0.4) is 0 Å². The van der Waals surface area contributed by atoms with E-state index in [-0.39, 0.29) is 6.61 Å². The highest BCUT2D eigenvalue weighted by Gasteiger charge is 2.41. The predicted octanol–water partition coefficient (Wildman–Crippen LogP) is 2.74. The van der Waals surface area contributed by atoms with Crippen LogP contribution in [-0.2, 0) is 16.1 Å². The molecule has 1 aliphatic heterocycles. The molecule has 0 spiro atoms. The van der Waals surface area contributed by atoms with Crippen LogP contribution in [0.15, 0.2) is 36.4 Å². The molecule has 0 fully saturated rings. The summed E-state index contributed by atoms with van der Waals surface area (Å²) in [4.78, 5) is 38.5. The highest BCUT2D eigenvalue weighted by Crippen LogP contribution is 2.31. The van der Waals surface area contributed by atoms with Gasteiger partial charge in [0.2, 0.25) is 0 Å². The zero-order chi connectivity index (χ0) is 20.4. The normalized spacial score (nSPS) is 13.9. The summed E-state index contributed by atoms with van der Waals surface area (Å²) in [5.74, 6) is -0.551. The summed E-state index contributed by atoms with van der Waals surface area (Å²) in [5.41, 5.74) is 2.19. The molecule has 0 saturated heterocycles. The lowest BCUT2D eigenvalue weighted by Crippen LogP contribution is -2.43. The fourth-order valence-electron chi connectivity index (χ4n) is 3.11. The second-order valence-corrected chi connectivity index (χ2v) is 6.44. The third-order valence-electron chi connectivity index (χ3n) is 4.77. The van der Waals surface area contributed by atoms with Gasteiger partial charge in [-0.2, -0.15) is 0 Å². The van der Waals surface area contributed by atoms with Gasteiger partial charge in [-0.15, -0.1) is 0 Å². The highest BCUT2D eigenvalue weighted by molar-refractivity contribution is 6.22. The molecule has 0 unspecified atom stereocenters. The van der Waals surface area contributed by atoms with Gasteiger partial charge in [0.15, 0.2) is 11.5 Å². The van der Waals surface area contributed by atoms with Crippen LogP contribution >= 0.6 is 0 Å². The standard InChI is InChI=1S/C21H21NO6/c1-12-9-17(26-3)18(27-4)10-14(12)11-28-21(25)13(2)22-19(23)15-7-5-6-8-16(15)20(22)24/h5-10,13H,11H2,1-4H3/t13-/m1/s1. The van der Waals surface area contributed by atoms with Crippen LogP contribution in [0.1, 0.15) is 38.8 Å². The van der Waals surface area contributed by atoms with Crippen molar-refractivity contribution < 1.29 is 28.6 Å². The largest absolute Gasteiger partial charge is 0.493 e. The number of aryl methyl sites for hydroxylation is 1. The van der Waals surface area contributed by atoms with E-state index in [1.807, 2.05) is 6.92 Å². The van der Waals surface area contributed by atoms with Gasteiger partial charge < -0.3 is 14.2 Å². The van der Waals surface area contributed by atoms with Crippen LogP contribution in [0.2, 0.25) is 0 Å². The number of fused-ring (bicyclic) bond motifs is 1. The molecule has 1 heterocycles. The van der Waals surface area contributed by atoms with Gasteiger partial charge in [-0.1, -0.05) is 12.1 Å². The molecule has 3 rings (SSSR count). The smallest absolute Gasteiger partial charge is 0.329 e. The van der Waals surface area contributed by atoms with Crippen molar-refractivity contribution in [2.24, 2.45) is 0 Å². The maximum Gasteiger partial charge on any atom is 0.329 e. The van der Waals surface area contributed by atoms with Gasteiger partial charge in [0, 0.05) is 0 Å². The molecule has 0 bridgehead atoms. The average molecular weight is 383 g/mol. The number of hydrogen-bond acceptors (Lipinski definition) is 6. The number of ether oxygens (including phenoxy) is 3. The van der Waals surface area contributed by atoms with E-state index >= 15 is 0 Å². The summed E-state index contributed by atoms with van der Waals surface area (Å²) in [5, 5.41) is 0. The molecule has 2 aromatic carbocycles. The molecule has 0 saturated carbocycles. The maximum absolute atomic E-state index is 12.5. The topological polar surface area (TPSA) is 82.1 Å². The van der Waals surface area contributed by atoms with Crippen LogP contribution in [0.5, 0.6) is 11.5 Å². The summed E-state index contributed by atoms with van der Waals surface area (Å²) in [6, 6.07) is 8.98. The summed E-state index contributed by atoms with van der Waals surface area (Å²) in [6.45, 7) is 3.32. The maximum atomic E-state index is 12.5. The van der Waals surface area contributed by atoms with Gasteiger partial charge in [0.1, 0.15) is 12.6 Å². The minimum atomic E-state index is -1.03. The van der Waals surface area contributed by atoms with Crippen molar-refractivity contribution in [3.05, 3.63) is 58.7 Å². The van der Waals surface area contributed by atoms with Crippen molar-refractivity contribution >= 4 is 17.8 Å². The lowest BCUT2D eigenvalue weighted by atomic mass is 10.1. The van der Waals surface area contributed by atoms with E-state index in [0.29, 0.717) is 22.6 Å². The van der Waals surface area contributed by atoms with Crippen molar-refractivity contribution in [2.75, 3.05) is 14.2 Å². The van der Waals surface area contributed by atoms with Crippen molar-refractivity contribution in [3.8, 4) is 11.5 Å². The van der Waals surface area contributed by atoms with Crippen molar-refractivity contribution in [1.29, 1.82) is 0 Å². The SMILES string of the molecule is COc1cc(C)c(COC(=O)[C@@H](C)N2C(=O)c3ccccc3C2=O)cc1OC. The number of methoxy groups -OCH3 is 2. The predicted molar refractivity (Wildman–Crippen MR) is 100 cm³/mol. The minimum Gasteiger partial charge on any atom is -0.493 e. The molecule has 1 atom stereocenters.